The lowest BCUT2D eigenvalue weighted by Gasteiger charge is -2.35. The molecule has 1 amide bonds. The molecule has 0 bridgehead atoms. The highest BCUT2D eigenvalue weighted by Crippen LogP contribution is 2.40. The summed E-state index contributed by atoms with van der Waals surface area (Å²) in [7, 11) is 0. The number of carbonyl (C=O) groups excluding carboxylic acids is 1. The minimum absolute atomic E-state index is 0.0205. The average Bonchev–Trinajstić information content (AvgIpc) is 2.50. The van der Waals surface area contributed by atoms with Gasteiger partial charge in [0.15, 0.2) is 0 Å². The van der Waals surface area contributed by atoms with E-state index in [9.17, 15) is 4.79 Å². The largest absolute Gasteiger partial charge is 0.322 e. The summed E-state index contributed by atoms with van der Waals surface area (Å²) in [6.45, 7) is 2.01. The van der Waals surface area contributed by atoms with Crippen molar-refractivity contribution in [3.05, 3.63) is 42.0 Å². The van der Waals surface area contributed by atoms with E-state index in [0.717, 1.165) is 31.6 Å². The van der Waals surface area contributed by atoms with Crippen molar-refractivity contribution >= 4 is 11.6 Å². The molecular formula is C14H16N2O. The van der Waals surface area contributed by atoms with Gasteiger partial charge in [0.25, 0.3) is 0 Å². The van der Waals surface area contributed by atoms with Crippen LogP contribution in [-0.4, -0.2) is 19.0 Å². The van der Waals surface area contributed by atoms with Gasteiger partial charge in [0.05, 0.1) is 0 Å². The van der Waals surface area contributed by atoms with Crippen LogP contribution in [0, 0.1) is 0 Å². The van der Waals surface area contributed by atoms with Crippen LogP contribution in [-0.2, 0) is 10.2 Å². The Labute approximate surface area is 101 Å². The number of para-hydroxylation sites is 1. The summed E-state index contributed by atoms with van der Waals surface area (Å²) in [5.74, 6) is -0.0205. The second-order valence-corrected chi connectivity index (χ2v) is 4.77. The molecule has 0 aromatic heterocycles. The fourth-order valence-corrected chi connectivity index (χ4v) is 2.83. The number of amides is 1. The summed E-state index contributed by atoms with van der Waals surface area (Å²) in [5.41, 5.74) is 2.24. The molecule has 1 saturated heterocycles. The average molecular weight is 228 g/mol. The van der Waals surface area contributed by atoms with Gasteiger partial charge in [-0.15, -0.1) is 0 Å². The quantitative estimate of drug-likeness (QED) is 0.711. The van der Waals surface area contributed by atoms with Crippen LogP contribution in [0.25, 0.3) is 0 Å². The third-order valence-corrected chi connectivity index (χ3v) is 3.77. The highest BCUT2D eigenvalue weighted by molar-refractivity contribution is 6.01. The van der Waals surface area contributed by atoms with E-state index < -0.39 is 0 Å². The van der Waals surface area contributed by atoms with Crippen LogP contribution >= 0.6 is 0 Å². The Balaban J connectivity index is 2.13. The molecule has 2 heterocycles. The monoisotopic (exact) mass is 228 g/mol. The Kier molecular flexibility index (Phi) is 2.48. The standard InChI is InChI=1S/C14H16N2O/c17-13-5-6-14(7-9-15-10-8-14)11-3-1-2-4-12(11)16-13/h1-6,15H,7-10H2,(H,16,17). The molecule has 88 valence electrons. The Morgan fingerprint density at radius 2 is 1.88 bits per heavy atom. The van der Waals surface area contributed by atoms with Crippen molar-refractivity contribution in [1.29, 1.82) is 0 Å². The lowest BCUT2D eigenvalue weighted by molar-refractivity contribution is -0.111. The molecule has 0 unspecified atom stereocenters. The Morgan fingerprint density at radius 1 is 1.12 bits per heavy atom. The molecular weight excluding hydrogens is 212 g/mol. The van der Waals surface area contributed by atoms with Gasteiger partial charge in [-0.3, -0.25) is 4.79 Å². The number of hydrogen-bond acceptors (Lipinski definition) is 2. The molecule has 0 atom stereocenters. The molecule has 2 aliphatic rings. The summed E-state index contributed by atoms with van der Waals surface area (Å²) in [6, 6.07) is 8.15. The van der Waals surface area contributed by atoms with Gasteiger partial charge in [-0.05, 0) is 37.6 Å². The van der Waals surface area contributed by atoms with E-state index in [1.54, 1.807) is 6.08 Å². The first-order chi connectivity index (χ1) is 8.30. The van der Waals surface area contributed by atoms with Crippen LogP contribution in [0.15, 0.2) is 36.4 Å². The van der Waals surface area contributed by atoms with E-state index in [2.05, 4.69) is 22.8 Å². The normalized spacial score (nSPS) is 21.8. The third kappa shape index (κ3) is 1.76. The number of piperidine rings is 1. The molecule has 2 N–H and O–H groups in total. The Morgan fingerprint density at radius 3 is 2.71 bits per heavy atom. The molecule has 1 spiro atoms. The van der Waals surface area contributed by atoms with E-state index >= 15 is 0 Å². The van der Waals surface area contributed by atoms with Crippen molar-refractivity contribution in [1.82, 2.24) is 5.32 Å². The highest BCUT2D eigenvalue weighted by atomic mass is 16.1. The SMILES string of the molecule is O=C1C=CC2(CCNCC2)c2ccccc2N1. The zero-order valence-electron chi connectivity index (χ0n) is 9.70. The van der Waals surface area contributed by atoms with Crippen LogP contribution in [0.2, 0.25) is 0 Å². The van der Waals surface area contributed by atoms with Gasteiger partial charge in [-0.25, -0.2) is 0 Å². The van der Waals surface area contributed by atoms with Crippen molar-refractivity contribution in [2.75, 3.05) is 18.4 Å². The fraction of sp³-hybridized carbons (Fsp3) is 0.357. The second kappa shape index (κ2) is 4.00. The smallest absolute Gasteiger partial charge is 0.248 e. The number of fused-ring (bicyclic) bond motifs is 2. The number of carbonyl (C=O) groups is 1. The molecule has 3 rings (SSSR count). The number of benzene rings is 1. The first kappa shape index (κ1) is 10.5. The first-order valence-electron chi connectivity index (χ1n) is 6.11. The summed E-state index contributed by atoms with van der Waals surface area (Å²) < 4.78 is 0. The molecule has 0 radical (unpaired) electrons. The number of nitrogens with one attached hydrogen (secondary N) is 2. The van der Waals surface area contributed by atoms with Gasteiger partial charge < -0.3 is 10.6 Å². The van der Waals surface area contributed by atoms with E-state index in [0.29, 0.717) is 0 Å². The van der Waals surface area contributed by atoms with Gasteiger partial charge in [-0.1, -0.05) is 24.3 Å². The second-order valence-electron chi connectivity index (χ2n) is 4.77. The van der Waals surface area contributed by atoms with Crippen molar-refractivity contribution in [3.63, 3.8) is 0 Å². The number of anilines is 1. The maximum Gasteiger partial charge on any atom is 0.248 e. The van der Waals surface area contributed by atoms with E-state index in [1.165, 1.54) is 5.56 Å². The summed E-state index contributed by atoms with van der Waals surface area (Å²) >= 11 is 0. The Bertz CT molecular complexity index is 473. The molecule has 0 saturated carbocycles. The van der Waals surface area contributed by atoms with Crippen molar-refractivity contribution in [2.24, 2.45) is 0 Å². The summed E-state index contributed by atoms with van der Waals surface area (Å²) in [6.07, 6.45) is 5.88. The minimum Gasteiger partial charge on any atom is -0.322 e. The number of rotatable bonds is 0. The van der Waals surface area contributed by atoms with Crippen LogP contribution in [0.4, 0.5) is 5.69 Å². The van der Waals surface area contributed by atoms with E-state index in [4.69, 9.17) is 0 Å². The van der Waals surface area contributed by atoms with Gasteiger partial charge in [0.1, 0.15) is 0 Å². The van der Waals surface area contributed by atoms with Crippen LogP contribution in [0.1, 0.15) is 18.4 Å². The van der Waals surface area contributed by atoms with Gasteiger partial charge in [0.2, 0.25) is 5.91 Å². The van der Waals surface area contributed by atoms with Crippen LogP contribution in [0.5, 0.6) is 0 Å². The Hall–Kier alpha value is -1.61. The van der Waals surface area contributed by atoms with Gasteiger partial charge in [0, 0.05) is 17.2 Å². The minimum atomic E-state index is -0.0205. The van der Waals surface area contributed by atoms with Crippen molar-refractivity contribution in [3.8, 4) is 0 Å². The molecule has 3 nitrogen and oxygen atoms in total. The topological polar surface area (TPSA) is 41.1 Å². The van der Waals surface area contributed by atoms with Crippen molar-refractivity contribution < 1.29 is 4.79 Å². The fourth-order valence-electron chi connectivity index (χ4n) is 2.83. The van der Waals surface area contributed by atoms with E-state index in [-0.39, 0.29) is 11.3 Å². The summed E-state index contributed by atoms with van der Waals surface area (Å²) in [4.78, 5) is 11.7. The molecule has 1 aromatic rings. The third-order valence-electron chi connectivity index (χ3n) is 3.77. The highest BCUT2D eigenvalue weighted by Gasteiger charge is 2.34. The zero-order chi connectivity index (χ0) is 11.7. The van der Waals surface area contributed by atoms with E-state index in [1.807, 2.05) is 18.2 Å². The maximum atomic E-state index is 11.7. The predicted molar refractivity (Wildman–Crippen MR) is 68.0 cm³/mol. The van der Waals surface area contributed by atoms with Crippen molar-refractivity contribution in [2.45, 2.75) is 18.3 Å². The van der Waals surface area contributed by atoms with Gasteiger partial charge >= 0.3 is 0 Å². The number of hydrogen-bond donors (Lipinski definition) is 2. The molecule has 0 aliphatic carbocycles. The predicted octanol–water partition coefficient (Wildman–Crippen LogP) is 1.82. The van der Waals surface area contributed by atoms with Gasteiger partial charge in [-0.2, -0.15) is 0 Å². The molecule has 3 heteroatoms. The zero-order valence-corrected chi connectivity index (χ0v) is 9.70. The van der Waals surface area contributed by atoms with Crippen LogP contribution < -0.4 is 10.6 Å². The number of allylic oxidation sites excluding steroid dienone is 1. The molecule has 17 heavy (non-hydrogen) atoms. The first-order valence-corrected chi connectivity index (χ1v) is 6.11. The lowest BCUT2D eigenvalue weighted by atomic mass is 9.72. The molecule has 1 aromatic carbocycles. The molecule has 2 aliphatic heterocycles. The van der Waals surface area contributed by atoms with Crippen LogP contribution in [0.3, 0.4) is 0 Å². The lowest BCUT2D eigenvalue weighted by Crippen LogP contribution is -2.38. The maximum absolute atomic E-state index is 11.7. The summed E-state index contributed by atoms with van der Waals surface area (Å²) in [5, 5.41) is 6.33. The molecule has 1 fully saturated rings.